The highest BCUT2D eigenvalue weighted by molar-refractivity contribution is 6.43. The van der Waals surface area contributed by atoms with Gasteiger partial charge in [0.15, 0.2) is 0 Å². The van der Waals surface area contributed by atoms with Crippen molar-refractivity contribution >= 4 is 40.5 Å². The van der Waals surface area contributed by atoms with Crippen molar-refractivity contribution in [3.8, 4) is 11.5 Å². The average molecular weight is 387 g/mol. The third kappa shape index (κ3) is 4.91. The molecular weight excluding hydrogens is 371 g/mol. The maximum atomic E-state index is 12.1. The van der Waals surface area contributed by atoms with Crippen molar-refractivity contribution in [2.24, 2.45) is 0 Å². The Morgan fingerprint density at radius 1 is 0.846 bits per heavy atom. The van der Waals surface area contributed by atoms with Crippen LogP contribution < -0.4 is 15.4 Å². The second-order valence-electron chi connectivity index (χ2n) is 5.44. The summed E-state index contributed by atoms with van der Waals surface area (Å²) in [5, 5.41) is 6.60. The number of halogens is 2. The highest BCUT2D eigenvalue weighted by atomic mass is 35.5. The molecule has 1 amide bonds. The van der Waals surface area contributed by atoms with E-state index in [0.29, 0.717) is 27.2 Å². The van der Waals surface area contributed by atoms with E-state index < -0.39 is 0 Å². The molecular formula is C20H16Cl2N2O2. The van der Waals surface area contributed by atoms with Gasteiger partial charge >= 0.3 is 0 Å². The van der Waals surface area contributed by atoms with Gasteiger partial charge in [-0.25, -0.2) is 0 Å². The Labute approximate surface area is 161 Å². The first-order valence-electron chi connectivity index (χ1n) is 7.92. The summed E-state index contributed by atoms with van der Waals surface area (Å²) >= 11 is 12.0. The second kappa shape index (κ2) is 8.61. The third-order valence-electron chi connectivity index (χ3n) is 3.51. The van der Waals surface area contributed by atoms with Crippen LogP contribution in [-0.2, 0) is 4.79 Å². The third-order valence-corrected chi connectivity index (χ3v) is 4.33. The number of amides is 1. The number of hydrogen-bond donors (Lipinski definition) is 2. The van der Waals surface area contributed by atoms with E-state index in [1.165, 1.54) is 0 Å². The molecule has 132 valence electrons. The van der Waals surface area contributed by atoms with E-state index in [4.69, 9.17) is 27.9 Å². The van der Waals surface area contributed by atoms with Gasteiger partial charge in [0.05, 0.1) is 22.3 Å². The maximum absolute atomic E-state index is 12.1. The standard InChI is InChI=1S/C20H16Cl2N2O2/c21-17-7-4-8-18(20(17)22)23-13-19(25)24-14-9-11-16(12-10-14)26-15-5-2-1-3-6-15/h1-12,23H,13H2,(H,24,25). The first-order chi connectivity index (χ1) is 12.6. The Morgan fingerprint density at radius 3 is 2.27 bits per heavy atom. The Morgan fingerprint density at radius 2 is 1.54 bits per heavy atom. The number of ether oxygens (including phenoxy) is 1. The van der Waals surface area contributed by atoms with Gasteiger partial charge in [-0.1, -0.05) is 47.5 Å². The Balaban J connectivity index is 1.53. The fourth-order valence-electron chi connectivity index (χ4n) is 2.25. The summed E-state index contributed by atoms with van der Waals surface area (Å²) in [6.45, 7) is 0.0718. The minimum atomic E-state index is -0.197. The van der Waals surface area contributed by atoms with Gasteiger partial charge in [0.2, 0.25) is 5.91 Å². The quantitative estimate of drug-likeness (QED) is 0.559. The number of rotatable bonds is 6. The van der Waals surface area contributed by atoms with Crippen LogP contribution in [-0.4, -0.2) is 12.5 Å². The van der Waals surface area contributed by atoms with Crippen molar-refractivity contribution in [3.63, 3.8) is 0 Å². The molecule has 0 bridgehead atoms. The molecule has 0 fully saturated rings. The predicted octanol–water partition coefficient (Wildman–Crippen LogP) is 5.84. The highest BCUT2D eigenvalue weighted by Gasteiger charge is 2.07. The summed E-state index contributed by atoms with van der Waals surface area (Å²) in [5.74, 6) is 1.25. The van der Waals surface area contributed by atoms with Gasteiger partial charge in [-0.2, -0.15) is 0 Å². The van der Waals surface area contributed by atoms with Gasteiger partial charge in [0, 0.05) is 5.69 Å². The van der Waals surface area contributed by atoms with Crippen LogP contribution in [0.1, 0.15) is 0 Å². The fraction of sp³-hybridized carbons (Fsp3) is 0.0500. The van der Waals surface area contributed by atoms with Gasteiger partial charge in [-0.05, 0) is 48.5 Å². The monoisotopic (exact) mass is 386 g/mol. The van der Waals surface area contributed by atoms with Crippen LogP contribution in [0, 0.1) is 0 Å². The summed E-state index contributed by atoms with van der Waals surface area (Å²) in [6.07, 6.45) is 0. The normalized spacial score (nSPS) is 10.2. The maximum Gasteiger partial charge on any atom is 0.243 e. The molecule has 0 saturated heterocycles. The molecule has 0 radical (unpaired) electrons. The molecule has 0 atom stereocenters. The lowest BCUT2D eigenvalue weighted by molar-refractivity contribution is -0.114. The molecule has 2 N–H and O–H groups in total. The van der Waals surface area contributed by atoms with Crippen molar-refractivity contribution in [3.05, 3.63) is 82.8 Å². The van der Waals surface area contributed by atoms with Gasteiger partial charge in [-0.3, -0.25) is 4.79 Å². The molecule has 6 heteroatoms. The molecule has 4 nitrogen and oxygen atoms in total. The molecule has 0 aromatic heterocycles. The van der Waals surface area contributed by atoms with Crippen molar-refractivity contribution in [2.75, 3.05) is 17.2 Å². The second-order valence-corrected chi connectivity index (χ2v) is 6.23. The molecule has 0 spiro atoms. The van der Waals surface area contributed by atoms with Crippen LogP contribution in [0.4, 0.5) is 11.4 Å². The summed E-state index contributed by atoms with van der Waals surface area (Å²) in [4.78, 5) is 12.1. The summed E-state index contributed by atoms with van der Waals surface area (Å²) < 4.78 is 5.72. The van der Waals surface area contributed by atoms with E-state index in [1.807, 2.05) is 30.3 Å². The fourth-order valence-corrected chi connectivity index (χ4v) is 2.62. The van der Waals surface area contributed by atoms with Gasteiger partial charge in [-0.15, -0.1) is 0 Å². The number of para-hydroxylation sites is 1. The molecule has 0 aliphatic rings. The summed E-state index contributed by atoms with van der Waals surface area (Å²) in [6, 6.07) is 21.9. The molecule has 3 rings (SSSR count). The lowest BCUT2D eigenvalue weighted by Gasteiger charge is -2.10. The Kier molecular flexibility index (Phi) is 6.00. The molecule has 26 heavy (non-hydrogen) atoms. The zero-order valence-corrected chi connectivity index (χ0v) is 15.2. The Hall–Kier alpha value is -2.69. The zero-order valence-electron chi connectivity index (χ0n) is 13.7. The van der Waals surface area contributed by atoms with Gasteiger partial charge in [0.25, 0.3) is 0 Å². The highest BCUT2D eigenvalue weighted by Crippen LogP contribution is 2.29. The lowest BCUT2D eigenvalue weighted by Crippen LogP contribution is -2.21. The number of hydrogen-bond acceptors (Lipinski definition) is 3. The molecule has 3 aromatic carbocycles. The molecule has 3 aromatic rings. The van der Waals surface area contributed by atoms with E-state index in [9.17, 15) is 4.79 Å². The molecule has 0 unspecified atom stereocenters. The van der Waals surface area contributed by atoms with E-state index >= 15 is 0 Å². The number of nitrogens with one attached hydrogen (secondary N) is 2. The number of carbonyl (C=O) groups is 1. The SMILES string of the molecule is O=C(CNc1cccc(Cl)c1Cl)Nc1ccc(Oc2ccccc2)cc1. The zero-order chi connectivity index (χ0) is 18.4. The average Bonchev–Trinajstić information content (AvgIpc) is 2.65. The van der Waals surface area contributed by atoms with E-state index in [0.717, 1.165) is 5.75 Å². The van der Waals surface area contributed by atoms with Gasteiger partial charge in [0.1, 0.15) is 11.5 Å². The van der Waals surface area contributed by atoms with Crippen molar-refractivity contribution in [1.29, 1.82) is 0 Å². The summed E-state index contributed by atoms with van der Waals surface area (Å²) in [7, 11) is 0. The summed E-state index contributed by atoms with van der Waals surface area (Å²) in [5.41, 5.74) is 1.29. The van der Waals surface area contributed by atoms with Crippen molar-refractivity contribution < 1.29 is 9.53 Å². The van der Waals surface area contributed by atoms with Crippen molar-refractivity contribution in [1.82, 2.24) is 0 Å². The minimum absolute atomic E-state index is 0.0718. The molecule has 0 aliphatic heterocycles. The Bertz CT molecular complexity index is 884. The minimum Gasteiger partial charge on any atom is -0.457 e. The number of carbonyl (C=O) groups excluding carboxylic acids is 1. The number of anilines is 2. The first-order valence-corrected chi connectivity index (χ1v) is 8.68. The van der Waals surface area contributed by atoms with Crippen LogP contribution in [0.15, 0.2) is 72.8 Å². The van der Waals surface area contributed by atoms with Gasteiger partial charge < -0.3 is 15.4 Å². The van der Waals surface area contributed by atoms with Crippen LogP contribution >= 0.6 is 23.2 Å². The smallest absolute Gasteiger partial charge is 0.243 e. The predicted molar refractivity (Wildman–Crippen MR) is 107 cm³/mol. The first kappa shape index (κ1) is 18.1. The number of benzene rings is 3. The van der Waals surface area contributed by atoms with E-state index in [1.54, 1.807) is 42.5 Å². The van der Waals surface area contributed by atoms with E-state index in [-0.39, 0.29) is 12.5 Å². The van der Waals surface area contributed by atoms with Crippen LogP contribution in [0.25, 0.3) is 0 Å². The van der Waals surface area contributed by atoms with Crippen molar-refractivity contribution in [2.45, 2.75) is 0 Å². The topological polar surface area (TPSA) is 50.4 Å². The molecule has 0 heterocycles. The van der Waals surface area contributed by atoms with E-state index in [2.05, 4.69) is 10.6 Å². The lowest BCUT2D eigenvalue weighted by atomic mass is 10.3. The van der Waals surface area contributed by atoms with Crippen LogP contribution in [0.5, 0.6) is 11.5 Å². The molecule has 0 aliphatic carbocycles. The van der Waals surface area contributed by atoms with Crippen LogP contribution in [0.3, 0.4) is 0 Å². The largest absolute Gasteiger partial charge is 0.457 e. The van der Waals surface area contributed by atoms with Crippen LogP contribution in [0.2, 0.25) is 10.0 Å². The molecule has 0 saturated carbocycles.